The van der Waals surface area contributed by atoms with Crippen molar-refractivity contribution in [2.45, 2.75) is 0 Å². The Bertz CT molecular complexity index is 706. The maximum Gasteiger partial charge on any atom is 0.335 e. The zero-order chi connectivity index (χ0) is 16.3. The monoisotopic (exact) mass is 339 g/mol. The molecule has 5 nitrogen and oxygen atoms in total. The lowest BCUT2D eigenvalue weighted by atomic mass is 10.1. The van der Waals surface area contributed by atoms with E-state index in [9.17, 15) is 9.59 Å². The van der Waals surface area contributed by atoms with Crippen molar-refractivity contribution in [1.82, 2.24) is 0 Å². The average Bonchev–Trinajstić information content (AvgIpc) is 2.47. The van der Waals surface area contributed by atoms with E-state index in [0.29, 0.717) is 11.4 Å². The number of carbonyl (C=O) groups is 2. The van der Waals surface area contributed by atoms with Crippen molar-refractivity contribution in [3.05, 3.63) is 57.6 Å². The Morgan fingerprint density at radius 1 is 1.05 bits per heavy atom. The third-order valence-corrected chi connectivity index (χ3v) is 3.42. The number of aromatic carboxylic acids is 1. The van der Waals surface area contributed by atoms with E-state index < -0.39 is 11.9 Å². The number of carboxylic acid groups (broad SMARTS) is 1. The zero-order valence-corrected chi connectivity index (χ0v) is 12.9. The third kappa shape index (κ3) is 3.50. The van der Waals surface area contributed by atoms with E-state index in [0.717, 1.165) is 0 Å². The quantitative estimate of drug-likeness (QED) is 0.884. The molecule has 1 amide bonds. The molecule has 0 spiro atoms. The van der Waals surface area contributed by atoms with E-state index >= 15 is 0 Å². The van der Waals surface area contributed by atoms with Gasteiger partial charge in [0, 0.05) is 11.3 Å². The van der Waals surface area contributed by atoms with Crippen LogP contribution in [-0.4, -0.2) is 24.1 Å². The maximum atomic E-state index is 12.2. The van der Waals surface area contributed by atoms with Gasteiger partial charge in [-0.3, -0.25) is 4.79 Å². The first kappa shape index (κ1) is 16.1. The largest absolute Gasteiger partial charge is 0.494 e. The lowest BCUT2D eigenvalue weighted by Gasteiger charge is -2.09. The molecule has 0 aromatic heterocycles. The van der Waals surface area contributed by atoms with E-state index in [2.05, 4.69) is 5.32 Å². The number of amides is 1. The van der Waals surface area contributed by atoms with E-state index in [1.54, 1.807) is 0 Å². The van der Waals surface area contributed by atoms with Gasteiger partial charge < -0.3 is 15.2 Å². The van der Waals surface area contributed by atoms with Gasteiger partial charge in [-0.25, -0.2) is 4.79 Å². The standard InChI is InChI=1S/C15H11Cl2NO4/c1-22-13-11(16)6-9(7-12(13)17)14(19)18-10-4-2-8(3-5-10)15(20)21/h2-7H,1H3,(H,18,19)(H,20,21). The lowest BCUT2D eigenvalue weighted by molar-refractivity contribution is 0.0696. The fraction of sp³-hybridized carbons (Fsp3) is 0.0667. The second-order valence-corrected chi connectivity index (χ2v) is 5.12. The lowest BCUT2D eigenvalue weighted by Crippen LogP contribution is -2.12. The number of methoxy groups -OCH3 is 1. The molecule has 0 heterocycles. The first-order valence-corrected chi connectivity index (χ1v) is 6.85. The van der Waals surface area contributed by atoms with Crippen molar-refractivity contribution < 1.29 is 19.4 Å². The van der Waals surface area contributed by atoms with Crippen LogP contribution in [0.4, 0.5) is 5.69 Å². The highest BCUT2D eigenvalue weighted by Crippen LogP contribution is 2.34. The summed E-state index contributed by atoms with van der Waals surface area (Å²) in [5.74, 6) is -1.16. The summed E-state index contributed by atoms with van der Waals surface area (Å²) in [5, 5.41) is 11.9. The smallest absolute Gasteiger partial charge is 0.335 e. The van der Waals surface area contributed by atoms with Crippen LogP contribution in [0.1, 0.15) is 20.7 Å². The van der Waals surface area contributed by atoms with Gasteiger partial charge in [0.25, 0.3) is 5.91 Å². The number of hydrogen-bond acceptors (Lipinski definition) is 3. The first-order chi connectivity index (χ1) is 10.4. The number of nitrogens with one attached hydrogen (secondary N) is 1. The minimum Gasteiger partial charge on any atom is -0.494 e. The van der Waals surface area contributed by atoms with Crippen LogP contribution >= 0.6 is 23.2 Å². The number of carbonyl (C=O) groups excluding carboxylic acids is 1. The molecular formula is C15H11Cl2NO4. The van der Waals surface area contributed by atoms with Gasteiger partial charge in [-0.1, -0.05) is 23.2 Å². The molecule has 2 N–H and O–H groups in total. The predicted octanol–water partition coefficient (Wildman–Crippen LogP) is 3.95. The van der Waals surface area contributed by atoms with E-state index in [1.165, 1.54) is 43.5 Å². The highest BCUT2D eigenvalue weighted by Gasteiger charge is 2.14. The molecule has 114 valence electrons. The molecule has 0 aliphatic carbocycles. The number of anilines is 1. The van der Waals surface area contributed by atoms with Crippen LogP contribution in [0.25, 0.3) is 0 Å². The second kappa shape index (κ2) is 6.68. The number of ether oxygens (including phenoxy) is 1. The molecule has 0 unspecified atom stereocenters. The van der Waals surface area contributed by atoms with Crippen molar-refractivity contribution in [3.8, 4) is 5.75 Å². The van der Waals surface area contributed by atoms with Crippen LogP contribution in [0.5, 0.6) is 5.75 Å². The van der Waals surface area contributed by atoms with Crippen LogP contribution in [0.15, 0.2) is 36.4 Å². The van der Waals surface area contributed by atoms with Crippen molar-refractivity contribution in [3.63, 3.8) is 0 Å². The number of halogens is 2. The van der Waals surface area contributed by atoms with Gasteiger partial charge in [-0.05, 0) is 36.4 Å². The van der Waals surface area contributed by atoms with Gasteiger partial charge in [0.1, 0.15) is 0 Å². The molecule has 2 aromatic carbocycles. The Balaban J connectivity index is 2.20. The molecule has 0 bridgehead atoms. The summed E-state index contributed by atoms with van der Waals surface area (Å²) in [6.07, 6.45) is 0. The van der Waals surface area contributed by atoms with Crippen molar-refractivity contribution >= 4 is 40.8 Å². The highest BCUT2D eigenvalue weighted by atomic mass is 35.5. The van der Waals surface area contributed by atoms with Crippen LogP contribution in [0, 0.1) is 0 Å². The number of carboxylic acids is 1. The molecule has 0 radical (unpaired) electrons. The Morgan fingerprint density at radius 3 is 2.05 bits per heavy atom. The molecule has 2 aromatic rings. The van der Waals surface area contributed by atoms with E-state index in [1.807, 2.05) is 0 Å². The van der Waals surface area contributed by atoms with Gasteiger partial charge in [0.15, 0.2) is 5.75 Å². The van der Waals surface area contributed by atoms with Crippen molar-refractivity contribution in [2.24, 2.45) is 0 Å². The molecule has 0 aliphatic rings. The molecule has 0 fully saturated rings. The second-order valence-electron chi connectivity index (χ2n) is 4.31. The summed E-state index contributed by atoms with van der Waals surface area (Å²) in [4.78, 5) is 22.9. The number of benzene rings is 2. The first-order valence-electron chi connectivity index (χ1n) is 6.10. The molecule has 7 heteroatoms. The summed E-state index contributed by atoms with van der Waals surface area (Å²) >= 11 is 12.0. The maximum absolute atomic E-state index is 12.2. The molecule has 0 aliphatic heterocycles. The van der Waals surface area contributed by atoms with Gasteiger partial charge in [-0.15, -0.1) is 0 Å². The summed E-state index contributed by atoms with van der Waals surface area (Å²) in [7, 11) is 1.43. The molecule has 2 rings (SSSR count). The number of rotatable bonds is 4. The number of hydrogen-bond donors (Lipinski definition) is 2. The molecule has 0 saturated heterocycles. The van der Waals surface area contributed by atoms with Crippen molar-refractivity contribution in [2.75, 3.05) is 12.4 Å². The van der Waals surface area contributed by atoms with Crippen molar-refractivity contribution in [1.29, 1.82) is 0 Å². The molecule has 0 atom stereocenters. The summed E-state index contributed by atoms with van der Waals surface area (Å²) in [5.41, 5.74) is 0.852. The molecule has 0 saturated carbocycles. The van der Waals surface area contributed by atoms with Gasteiger partial charge in [0.05, 0.1) is 22.7 Å². The van der Waals surface area contributed by atoms with Crippen LogP contribution in [0.2, 0.25) is 10.0 Å². The SMILES string of the molecule is COc1c(Cl)cc(C(=O)Nc2ccc(C(=O)O)cc2)cc1Cl. The van der Waals surface area contributed by atoms with Gasteiger partial charge in [0.2, 0.25) is 0 Å². The topological polar surface area (TPSA) is 75.6 Å². The average molecular weight is 340 g/mol. The Morgan fingerprint density at radius 2 is 1.59 bits per heavy atom. The zero-order valence-electron chi connectivity index (χ0n) is 11.4. The van der Waals surface area contributed by atoms with E-state index in [4.69, 9.17) is 33.0 Å². The Hall–Kier alpha value is -2.24. The molecular weight excluding hydrogens is 329 g/mol. The summed E-state index contributed by atoms with van der Waals surface area (Å²) < 4.78 is 5.01. The fourth-order valence-electron chi connectivity index (χ4n) is 1.79. The van der Waals surface area contributed by atoms with Gasteiger partial charge >= 0.3 is 5.97 Å². The predicted molar refractivity (Wildman–Crippen MR) is 84.4 cm³/mol. The third-order valence-electron chi connectivity index (χ3n) is 2.85. The normalized spacial score (nSPS) is 10.1. The summed E-state index contributed by atoms with van der Waals surface area (Å²) in [6.45, 7) is 0. The highest BCUT2D eigenvalue weighted by molar-refractivity contribution is 6.37. The summed E-state index contributed by atoms with van der Waals surface area (Å²) in [6, 6.07) is 8.65. The van der Waals surface area contributed by atoms with Gasteiger partial charge in [-0.2, -0.15) is 0 Å². The minimum atomic E-state index is -1.04. The molecule has 22 heavy (non-hydrogen) atoms. The van der Waals surface area contributed by atoms with Crippen LogP contribution in [0.3, 0.4) is 0 Å². The van der Waals surface area contributed by atoms with Crippen LogP contribution < -0.4 is 10.1 Å². The van der Waals surface area contributed by atoms with Crippen LogP contribution in [-0.2, 0) is 0 Å². The van der Waals surface area contributed by atoms with E-state index in [-0.39, 0.29) is 21.2 Å². The Kier molecular flexibility index (Phi) is 4.90. The Labute approximate surface area is 136 Å². The fourth-order valence-corrected chi connectivity index (χ4v) is 2.43. The minimum absolute atomic E-state index is 0.133.